The summed E-state index contributed by atoms with van der Waals surface area (Å²) in [6.07, 6.45) is 0. The molecule has 0 fully saturated rings. The molecular weight excluding hydrogens is 108 g/mol. The van der Waals surface area contributed by atoms with Gasteiger partial charge in [0.25, 0.3) is 0 Å². The summed E-state index contributed by atoms with van der Waals surface area (Å²) in [5.41, 5.74) is 1.21. The molecule has 46 valence electrons. The lowest BCUT2D eigenvalue weighted by molar-refractivity contribution is 1.15. The molecule has 0 spiro atoms. The van der Waals surface area contributed by atoms with E-state index in [1.807, 2.05) is 18.2 Å². The van der Waals surface area contributed by atoms with Gasteiger partial charge >= 0.3 is 0 Å². The molecule has 0 aliphatic carbocycles. The van der Waals surface area contributed by atoms with Gasteiger partial charge in [-0.2, -0.15) is 0 Å². The maximum atomic E-state index is 3.13. The van der Waals surface area contributed by atoms with Crippen LogP contribution in [0.3, 0.4) is 0 Å². The Hall–Kier alpha value is -0.780. The summed E-state index contributed by atoms with van der Waals surface area (Å²) in [5.74, 6) is 1.32. The molecule has 0 aliphatic heterocycles. The van der Waals surface area contributed by atoms with Gasteiger partial charge < -0.3 is 0 Å². The van der Waals surface area contributed by atoms with Crippen LogP contribution in [0.2, 0.25) is 0 Å². The van der Waals surface area contributed by atoms with Crippen molar-refractivity contribution in [2.75, 3.05) is 0 Å². The summed E-state index contributed by atoms with van der Waals surface area (Å²) < 4.78 is 0. The Labute approximate surface area is 56.5 Å². The second kappa shape index (κ2) is 2.67. The Morgan fingerprint density at radius 3 is 2.44 bits per heavy atom. The van der Waals surface area contributed by atoms with Gasteiger partial charge in [-0.15, -0.1) is 0 Å². The molecule has 1 rings (SSSR count). The van der Waals surface area contributed by atoms with Crippen molar-refractivity contribution >= 4 is 0 Å². The molecule has 2 radical (unpaired) electrons. The van der Waals surface area contributed by atoms with Crippen molar-refractivity contribution in [2.24, 2.45) is 0 Å². The number of rotatable bonds is 1. The average Bonchev–Trinajstić information content (AvgIpc) is 1.90. The fourth-order valence-electron chi connectivity index (χ4n) is 0.704. The highest BCUT2D eigenvalue weighted by Crippen LogP contribution is 2.09. The van der Waals surface area contributed by atoms with Crippen LogP contribution in [-0.4, -0.2) is 0 Å². The molecule has 0 aliphatic rings. The van der Waals surface area contributed by atoms with Crippen LogP contribution in [0.5, 0.6) is 0 Å². The topological polar surface area (TPSA) is 0 Å². The van der Waals surface area contributed by atoms with E-state index in [2.05, 4.69) is 26.0 Å². The third-order valence-corrected chi connectivity index (χ3v) is 1.25. The first-order valence-electron chi connectivity index (χ1n) is 3.08. The quantitative estimate of drug-likeness (QED) is 0.531. The summed E-state index contributed by atoms with van der Waals surface area (Å²) in [4.78, 5) is 0. The highest BCUT2D eigenvalue weighted by Gasteiger charge is 1.94. The molecule has 1 aromatic carbocycles. The van der Waals surface area contributed by atoms with Crippen molar-refractivity contribution in [3.8, 4) is 0 Å². The second-order valence-electron chi connectivity index (χ2n) is 2.28. The smallest absolute Gasteiger partial charge is 0.000568 e. The first-order chi connectivity index (χ1) is 4.30. The summed E-state index contributed by atoms with van der Waals surface area (Å²) in [6.45, 7) is 4.18. The van der Waals surface area contributed by atoms with Gasteiger partial charge in [0.1, 0.15) is 0 Å². The van der Waals surface area contributed by atoms with Crippen LogP contribution in [0.25, 0.3) is 0 Å². The number of hydrogen-bond donors (Lipinski definition) is 0. The fourth-order valence-corrected chi connectivity index (χ4v) is 0.704. The molecule has 1 aromatic rings. The van der Waals surface area contributed by atoms with Gasteiger partial charge in [-0.25, -0.2) is 0 Å². The number of hydrogen-bond acceptors (Lipinski definition) is 0. The fraction of sp³-hybridized carbons (Fsp3) is 0.222. The van der Waals surface area contributed by atoms with Crippen molar-refractivity contribution in [1.29, 1.82) is 0 Å². The van der Waals surface area contributed by atoms with E-state index in [0.29, 0.717) is 0 Å². The molecule has 0 nitrogen and oxygen atoms in total. The highest BCUT2D eigenvalue weighted by molar-refractivity contribution is 5.25. The predicted octanol–water partition coefficient (Wildman–Crippen LogP) is 2.45. The van der Waals surface area contributed by atoms with Gasteiger partial charge in [-0.1, -0.05) is 38.1 Å². The van der Waals surface area contributed by atoms with Gasteiger partial charge in [0.15, 0.2) is 0 Å². The average molecular weight is 118 g/mol. The molecular formula is C9H10. The van der Waals surface area contributed by atoms with E-state index in [1.165, 1.54) is 11.5 Å². The SMILES string of the molecule is C[C](C)c1[c]cccc1. The third-order valence-electron chi connectivity index (χ3n) is 1.25. The van der Waals surface area contributed by atoms with Gasteiger partial charge in [-0.05, 0) is 17.5 Å². The lowest BCUT2D eigenvalue weighted by atomic mass is 10.0. The maximum Gasteiger partial charge on any atom is -0.000568 e. The highest BCUT2D eigenvalue weighted by atomic mass is 14.0. The van der Waals surface area contributed by atoms with Crippen LogP contribution in [0.15, 0.2) is 24.3 Å². The standard InChI is InChI=1S/C9H10/c1-8(2)9-6-4-3-5-7-9/h3-6H,1-2H3. The summed E-state index contributed by atoms with van der Waals surface area (Å²) in [5, 5.41) is 0. The zero-order valence-corrected chi connectivity index (χ0v) is 5.81. The first-order valence-corrected chi connectivity index (χ1v) is 3.08. The Morgan fingerprint density at radius 1 is 1.33 bits per heavy atom. The molecule has 9 heavy (non-hydrogen) atoms. The van der Waals surface area contributed by atoms with Crippen molar-refractivity contribution in [3.63, 3.8) is 0 Å². The summed E-state index contributed by atoms with van der Waals surface area (Å²) in [6, 6.07) is 11.1. The molecule has 0 saturated carbocycles. The molecule has 0 amide bonds. The molecule has 0 aromatic heterocycles. The van der Waals surface area contributed by atoms with E-state index >= 15 is 0 Å². The van der Waals surface area contributed by atoms with E-state index in [-0.39, 0.29) is 0 Å². The largest absolute Gasteiger partial charge is 0.0619 e. The molecule has 0 N–H and O–H groups in total. The molecule has 0 heterocycles. The maximum absolute atomic E-state index is 3.13. The van der Waals surface area contributed by atoms with E-state index in [0.717, 1.165) is 0 Å². The van der Waals surface area contributed by atoms with Crippen LogP contribution in [0.1, 0.15) is 19.4 Å². The van der Waals surface area contributed by atoms with Crippen LogP contribution < -0.4 is 0 Å². The normalized spacial score (nSPS) is 10.1. The Kier molecular flexibility index (Phi) is 1.88. The van der Waals surface area contributed by atoms with E-state index in [9.17, 15) is 0 Å². The minimum Gasteiger partial charge on any atom is -0.0619 e. The van der Waals surface area contributed by atoms with Crippen molar-refractivity contribution < 1.29 is 0 Å². The monoisotopic (exact) mass is 118 g/mol. The summed E-state index contributed by atoms with van der Waals surface area (Å²) in [7, 11) is 0. The van der Waals surface area contributed by atoms with Crippen LogP contribution >= 0.6 is 0 Å². The summed E-state index contributed by atoms with van der Waals surface area (Å²) >= 11 is 0. The van der Waals surface area contributed by atoms with Crippen molar-refractivity contribution in [2.45, 2.75) is 13.8 Å². The minimum absolute atomic E-state index is 1.21. The molecule has 0 saturated heterocycles. The van der Waals surface area contributed by atoms with Crippen molar-refractivity contribution in [3.05, 3.63) is 41.8 Å². The second-order valence-corrected chi connectivity index (χ2v) is 2.28. The minimum atomic E-state index is 1.21. The van der Waals surface area contributed by atoms with Gasteiger partial charge in [0, 0.05) is 0 Å². The van der Waals surface area contributed by atoms with Gasteiger partial charge in [-0.3, -0.25) is 0 Å². The van der Waals surface area contributed by atoms with E-state index in [1.54, 1.807) is 0 Å². The van der Waals surface area contributed by atoms with Crippen LogP contribution in [-0.2, 0) is 0 Å². The van der Waals surface area contributed by atoms with Crippen molar-refractivity contribution in [1.82, 2.24) is 0 Å². The lowest BCUT2D eigenvalue weighted by Gasteiger charge is -2.00. The Bertz CT molecular complexity index is 163. The first kappa shape index (κ1) is 6.34. The zero-order valence-electron chi connectivity index (χ0n) is 5.81. The van der Waals surface area contributed by atoms with Crippen LogP contribution in [0, 0.1) is 12.0 Å². The zero-order chi connectivity index (χ0) is 6.69. The van der Waals surface area contributed by atoms with E-state index < -0.39 is 0 Å². The van der Waals surface area contributed by atoms with Crippen LogP contribution in [0.4, 0.5) is 0 Å². The number of benzene rings is 1. The third kappa shape index (κ3) is 1.56. The van der Waals surface area contributed by atoms with Gasteiger partial charge in [0.05, 0.1) is 0 Å². The Balaban J connectivity index is 2.85. The predicted molar refractivity (Wildman–Crippen MR) is 39.0 cm³/mol. The van der Waals surface area contributed by atoms with Gasteiger partial charge in [0.2, 0.25) is 0 Å². The molecule has 0 atom stereocenters. The molecule has 0 unspecified atom stereocenters. The lowest BCUT2D eigenvalue weighted by Crippen LogP contribution is -1.85. The van der Waals surface area contributed by atoms with E-state index in [4.69, 9.17) is 0 Å². The molecule has 0 heteroatoms. The molecule has 0 bridgehead atoms. The Morgan fingerprint density at radius 2 is 2.11 bits per heavy atom.